The zero-order chi connectivity index (χ0) is 17.3. The zero-order valence-electron chi connectivity index (χ0n) is 12.8. The minimum atomic E-state index is -4.41. The van der Waals surface area contributed by atoms with Gasteiger partial charge in [0.2, 0.25) is 0 Å². The second-order valence-corrected chi connectivity index (χ2v) is 4.99. The highest BCUT2D eigenvalue weighted by molar-refractivity contribution is 6.34. The summed E-state index contributed by atoms with van der Waals surface area (Å²) in [7, 11) is 0. The number of aromatic nitrogens is 1. The van der Waals surface area contributed by atoms with Gasteiger partial charge in [0, 0.05) is 5.69 Å². The van der Waals surface area contributed by atoms with E-state index in [9.17, 15) is 18.0 Å². The number of alkyl halides is 3. The molecule has 23 heavy (non-hydrogen) atoms. The van der Waals surface area contributed by atoms with Crippen LogP contribution in [0, 0.1) is 0 Å². The summed E-state index contributed by atoms with van der Waals surface area (Å²) >= 11 is 0. The molecule has 0 aromatic carbocycles. The Hall–Kier alpha value is -2.12. The van der Waals surface area contributed by atoms with Gasteiger partial charge in [-0.25, -0.2) is 9.78 Å². The second-order valence-electron chi connectivity index (χ2n) is 4.99. The molecule has 128 valence electrons. The molecule has 1 rings (SSSR count). The van der Waals surface area contributed by atoms with E-state index < -0.39 is 17.8 Å². The number of unbranched alkanes of at least 4 members (excludes halogenated alkanes) is 3. The summed E-state index contributed by atoms with van der Waals surface area (Å²) in [6, 6.07) is 3.91. The molecule has 1 aromatic rings. The number of carboxylic acids is 1. The van der Waals surface area contributed by atoms with E-state index in [0.717, 1.165) is 25.3 Å². The molecular weight excluding hydrogens is 313 g/mol. The summed E-state index contributed by atoms with van der Waals surface area (Å²) in [5.41, 5.74) is -0.548. The second kappa shape index (κ2) is 9.12. The highest BCUT2D eigenvalue weighted by Crippen LogP contribution is 2.27. The number of hydrogen-bond acceptors (Lipinski definition) is 4. The van der Waals surface area contributed by atoms with Crippen molar-refractivity contribution in [3.05, 3.63) is 29.6 Å². The first-order valence-corrected chi connectivity index (χ1v) is 7.23. The van der Waals surface area contributed by atoms with Crippen LogP contribution in [0.2, 0.25) is 0 Å². The molecule has 1 N–H and O–H groups in total. The lowest BCUT2D eigenvalue weighted by Gasteiger charge is -2.07. The zero-order valence-corrected chi connectivity index (χ0v) is 12.8. The van der Waals surface area contributed by atoms with Crippen molar-refractivity contribution in [2.45, 2.75) is 45.2 Å². The fraction of sp³-hybridized carbons (Fsp3) is 0.533. The summed E-state index contributed by atoms with van der Waals surface area (Å²) in [4.78, 5) is 18.9. The van der Waals surface area contributed by atoms with Gasteiger partial charge in [0.15, 0.2) is 5.71 Å². The van der Waals surface area contributed by atoms with Gasteiger partial charge in [-0.15, -0.1) is 0 Å². The average Bonchev–Trinajstić information content (AvgIpc) is 2.49. The first-order chi connectivity index (χ1) is 10.8. The molecule has 1 aromatic heterocycles. The number of pyridine rings is 1. The van der Waals surface area contributed by atoms with E-state index in [2.05, 4.69) is 10.1 Å². The van der Waals surface area contributed by atoms with Crippen LogP contribution >= 0.6 is 0 Å². The van der Waals surface area contributed by atoms with Crippen LogP contribution in [-0.4, -0.2) is 28.4 Å². The lowest BCUT2D eigenvalue weighted by Crippen LogP contribution is -2.09. The Kier molecular flexibility index (Phi) is 7.50. The Morgan fingerprint density at radius 2 is 1.96 bits per heavy atom. The van der Waals surface area contributed by atoms with E-state index in [-0.39, 0.29) is 5.71 Å². The van der Waals surface area contributed by atoms with Gasteiger partial charge in [-0.2, -0.15) is 13.2 Å². The third-order valence-corrected chi connectivity index (χ3v) is 3.03. The van der Waals surface area contributed by atoms with Gasteiger partial charge in [0.25, 0.3) is 0 Å². The molecule has 0 unspecified atom stereocenters. The highest BCUT2D eigenvalue weighted by atomic mass is 19.4. The Morgan fingerprint density at radius 1 is 1.26 bits per heavy atom. The van der Waals surface area contributed by atoms with Gasteiger partial charge < -0.3 is 9.94 Å². The van der Waals surface area contributed by atoms with Gasteiger partial charge in [-0.1, -0.05) is 17.6 Å². The molecule has 0 aliphatic heterocycles. The van der Waals surface area contributed by atoms with Crippen LogP contribution in [0.3, 0.4) is 0 Å². The van der Waals surface area contributed by atoms with Gasteiger partial charge in [0.1, 0.15) is 12.3 Å². The predicted octanol–water partition coefficient (Wildman–Crippen LogP) is 3.68. The molecule has 0 atom stereocenters. The maximum Gasteiger partial charge on any atom is 0.433 e. The molecule has 1 heterocycles. The van der Waals surface area contributed by atoms with Crippen LogP contribution in [0.1, 0.15) is 44.0 Å². The predicted molar refractivity (Wildman–Crippen MR) is 78.1 cm³/mol. The minimum Gasteiger partial charge on any atom is -0.477 e. The third-order valence-electron chi connectivity index (χ3n) is 3.03. The lowest BCUT2D eigenvalue weighted by atomic mass is 10.1. The van der Waals surface area contributed by atoms with Gasteiger partial charge in [-0.3, -0.25) is 0 Å². The lowest BCUT2D eigenvalue weighted by molar-refractivity contribution is -0.141. The topological polar surface area (TPSA) is 71.8 Å². The van der Waals surface area contributed by atoms with Crippen LogP contribution < -0.4 is 0 Å². The third kappa shape index (κ3) is 7.62. The number of rotatable bonds is 9. The van der Waals surface area contributed by atoms with Crippen molar-refractivity contribution in [3.8, 4) is 0 Å². The van der Waals surface area contributed by atoms with E-state index in [1.165, 1.54) is 13.0 Å². The number of halogens is 3. The molecule has 0 saturated heterocycles. The normalized spacial score (nSPS) is 12.3. The van der Waals surface area contributed by atoms with E-state index in [1.54, 1.807) is 6.07 Å². The molecule has 5 nitrogen and oxygen atoms in total. The Bertz CT molecular complexity index is 545. The maximum atomic E-state index is 12.5. The summed E-state index contributed by atoms with van der Waals surface area (Å²) in [6.07, 6.45) is -0.856. The largest absolute Gasteiger partial charge is 0.477 e. The molecule has 0 saturated carbocycles. The number of nitrogens with zero attached hydrogens (tertiary/aromatic N) is 2. The van der Waals surface area contributed by atoms with Crippen LogP contribution in [-0.2, 0) is 22.2 Å². The van der Waals surface area contributed by atoms with Crippen molar-refractivity contribution in [1.82, 2.24) is 4.98 Å². The van der Waals surface area contributed by atoms with E-state index in [1.807, 2.05) is 0 Å². The Labute approximate surface area is 132 Å². The van der Waals surface area contributed by atoms with Gasteiger partial charge in [0.05, 0.1) is 0 Å². The molecule has 8 heteroatoms. The van der Waals surface area contributed by atoms with Crippen molar-refractivity contribution in [3.63, 3.8) is 0 Å². The molecule has 0 spiro atoms. The summed E-state index contributed by atoms with van der Waals surface area (Å²) < 4.78 is 37.5. The van der Waals surface area contributed by atoms with Crippen molar-refractivity contribution < 1.29 is 27.9 Å². The monoisotopic (exact) mass is 332 g/mol. The first-order valence-electron chi connectivity index (χ1n) is 7.23. The van der Waals surface area contributed by atoms with Crippen LogP contribution in [0.15, 0.2) is 23.4 Å². The van der Waals surface area contributed by atoms with Crippen molar-refractivity contribution >= 4 is 11.7 Å². The van der Waals surface area contributed by atoms with Crippen LogP contribution in [0.4, 0.5) is 13.2 Å². The molecule has 0 amide bonds. The van der Waals surface area contributed by atoms with Crippen LogP contribution in [0.25, 0.3) is 0 Å². The Balaban J connectivity index is 2.19. The van der Waals surface area contributed by atoms with Gasteiger partial charge in [-0.05, 0) is 44.7 Å². The molecule has 0 bridgehead atoms. The number of aliphatic carboxylic acids is 1. The summed E-state index contributed by atoms with van der Waals surface area (Å²) in [5.74, 6) is -1.13. The standard InChI is InChI=1S/C15H19F3N2O3/c1-11(14(21)22)20-23-10-5-3-2-4-7-12-8-6-9-13(19-12)15(16,17)18/h6,8-9H,2-5,7,10H2,1H3,(H,21,22)/b20-11+. The molecular formula is C15H19F3N2O3. The fourth-order valence-corrected chi connectivity index (χ4v) is 1.78. The van der Waals surface area contributed by atoms with E-state index >= 15 is 0 Å². The molecule has 0 fully saturated rings. The number of oxime groups is 1. The molecule has 0 aliphatic rings. The Morgan fingerprint density at radius 3 is 2.61 bits per heavy atom. The van der Waals surface area contributed by atoms with Crippen molar-refractivity contribution in [2.24, 2.45) is 5.16 Å². The number of carbonyl (C=O) groups is 1. The number of hydrogen-bond donors (Lipinski definition) is 1. The smallest absolute Gasteiger partial charge is 0.433 e. The van der Waals surface area contributed by atoms with E-state index in [4.69, 9.17) is 9.94 Å². The maximum absolute atomic E-state index is 12.5. The quantitative estimate of drug-likeness (QED) is 0.425. The highest BCUT2D eigenvalue weighted by Gasteiger charge is 2.32. The average molecular weight is 332 g/mol. The van der Waals surface area contributed by atoms with Crippen LogP contribution in [0.5, 0.6) is 0 Å². The molecule has 0 radical (unpaired) electrons. The number of carboxylic acid groups (broad SMARTS) is 1. The summed E-state index contributed by atoms with van der Waals surface area (Å²) in [6.45, 7) is 1.65. The first kappa shape index (κ1) is 18.9. The number of aryl methyl sites for hydroxylation is 1. The van der Waals surface area contributed by atoms with Crippen molar-refractivity contribution in [1.29, 1.82) is 0 Å². The van der Waals surface area contributed by atoms with E-state index in [0.29, 0.717) is 25.1 Å². The minimum absolute atomic E-state index is 0.111. The van der Waals surface area contributed by atoms with Gasteiger partial charge >= 0.3 is 12.1 Å². The summed E-state index contributed by atoms with van der Waals surface area (Å²) in [5, 5.41) is 12.0. The molecule has 0 aliphatic carbocycles. The van der Waals surface area contributed by atoms with Crippen molar-refractivity contribution in [2.75, 3.05) is 6.61 Å². The SMILES string of the molecule is C/C(=N\OCCCCCCc1cccc(C(F)(F)F)n1)C(=O)O. The fourth-order valence-electron chi connectivity index (χ4n) is 1.78.